The Labute approximate surface area is 127 Å². The predicted octanol–water partition coefficient (Wildman–Crippen LogP) is 2.55. The van der Waals surface area contributed by atoms with Gasteiger partial charge in [0.25, 0.3) is 0 Å². The van der Waals surface area contributed by atoms with Crippen molar-refractivity contribution in [3.8, 4) is 0 Å². The van der Waals surface area contributed by atoms with Gasteiger partial charge in [-0.3, -0.25) is 4.98 Å². The Morgan fingerprint density at radius 3 is 2.67 bits per heavy atom. The van der Waals surface area contributed by atoms with Gasteiger partial charge in [-0.15, -0.1) is 0 Å². The summed E-state index contributed by atoms with van der Waals surface area (Å²) < 4.78 is 5.43. The van der Waals surface area contributed by atoms with E-state index in [4.69, 9.17) is 4.74 Å². The highest BCUT2D eigenvalue weighted by molar-refractivity contribution is 5.09. The molecule has 1 aliphatic heterocycles. The standard InChI is InChI=1S/C17H28N2O2/c1-14(2)11-16(15-5-3-4-8-18-15)19-12-17(13-20)6-9-21-10-7-17/h3-5,8,14,16,19-20H,6-7,9-13H2,1-2H3. The van der Waals surface area contributed by atoms with E-state index in [9.17, 15) is 5.11 Å². The second-order valence-electron chi connectivity index (χ2n) is 6.59. The molecule has 1 saturated heterocycles. The fourth-order valence-electron chi connectivity index (χ4n) is 2.90. The van der Waals surface area contributed by atoms with Crippen molar-refractivity contribution in [1.82, 2.24) is 10.3 Å². The first kappa shape index (κ1) is 16.4. The molecular weight excluding hydrogens is 264 g/mol. The van der Waals surface area contributed by atoms with Crippen molar-refractivity contribution in [3.05, 3.63) is 30.1 Å². The molecule has 1 aliphatic rings. The highest BCUT2D eigenvalue weighted by atomic mass is 16.5. The summed E-state index contributed by atoms with van der Waals surface area (Å²) in [6.45, 7) is 7.00. The minimum atomic E-state index is -0.0394. The van der Waals surface area contributed by atoms with Crippen molar-refractivity contribution < 1.29 is 9.84 Å². The Balaban J connectivity index is 2.01. The Bertz CT molecular complexity index is 403. The molecule has 4 nitrogen and oxygen atoms in total. The van der Waals surface area contributed by atoms with Gasteiger partial charge < -0.3 is 15.2 Å². The lowest BCUT2D eigenvalue weighted by molar-refractivity contribution is -0.0169. The van der Waals surface area contributed by atoms with Crippen LogP contribution in [0.15, 0.2) is 24.4 Å². The highest BCUT2D eigenvalue weighted by Gasteiger charge is 2.32. The molecule has 1 aromatic heterocycles. The van der Waals surface area contributed by atoms with Crippen LogP contribution in [0.25, 0.3) is 0 Å². The second kappa shape index (κ2) is 7.87. The van der Waals surface area contributed by atoms with Gasteiger partial charge >= 0.3 is 0 Å². The fourth-order valence-corrected chi connectivity index (χ4v) is 2.90. The molecule has 0 aliphatic carbocycles. The maximum Gasteiger partial charge on any atom is 0.0573 e. The quantitative estimate of drug-likeness (QED) is 0.811. The summed E-state index contributed by atoms with van der Waals surface area (Å²) in [4.78, 5) is 4.49. The third-order valence-electron chi connectivity index (χ3n) is 4.36. The number of rotatable bonds is 7. The van der Waals surface area contributed by atoms with Crippen LogP contribution in [0.2, 0.25) is 0 Å². The van der Waals surface area contributed by atoms with E-state index in [0.29, 0.717) is 5.92 Å². The largest absolute Gasteiger partial charge is 0.396 e. The van der Waals surface area contributed by atoms with Crippen LogP contribution in [-0.2, 0) is 4.74 Å². The van der Waals surface area contributed by atoms with Gasteiger partial charge in [0, 0.05) is 37.4 Å². The predicted molar refractivity (Wildman–Crippen MR) is 84.0 cm³/mol. The molecule has 1 aromatic rings. The molecule has 2 heterocycles. The van der Waals surface area contributed by atoms with Crippen LogP contribution in [0, 0.1) is 11.3 Å². The Hall–Kier alpha value is -0.970. The normalized spacial score (nSPS) is 19.6. The van der Waals surface area contributed by atoms with Crippen LogP contribution >= 0.6 is 0 Å². The van der Waals surface area contributed by atoms with Gasteiger partial charge in [-0.2, -0.15) is 0 Å². The summed E-state index contributed by atoms with van der Waals surface area (Å²) in [5.41, 5.74) is 1.05. The molecule has 0 saturated carbocycles. The van der Waals surface area contributed by atoms with E-state index in [1.807, 2.05) is 18.3 Å². The molecule has 4 heteroatoms. The van der Waals surface area contributed by atoms with Gasteiger partial charge in [-0.1, -0.05) is 19.9 Å². The lowest BCUT2D eigenvalue weighted by Gasteiger charge is -2.37. The average Bonchev–Trinajstić information content (AvgIpc) is 2.53. The average molecular weight is 292 g/mol. The summed E-state index contributed by atoms with van der Waals surface area (Å²) in [7, 11) is 0. The minimum absolute atomic E-state index is 0.0394. The molecule has 0 bridgehead atoms. The van der Waals surface area contributed by atoms with Crippen molar-refractivity contribution in [1.29, 1.82) is 0 Å². The minimum Gasteiger partial charge on any atom is -0.396 e. The third kappa shape index (κ3) is 4.77. The lowest BCUT2D eigenvalue weighted by Crippen LogP contribution is -2.43. The summed E-state index contributed by atoms with van der Waals surface area (Å²) in [5, 5.41) is 13.4. The van der Waals surface area contributed by atoms with Crippen LogP contribution < -0.4 is 5.32 Å². The highest BCUT2D eigenvalue weighted by Crippen LogP contribution is 2.30. The zero-order chi connectivity index (χ0) is 15.1. The number of ether oxygens (including phenoxy) is 1. The van der Waals surface area contributed by atoms with E-state index >= 15 is 0 Å². The molecule has 1 fully saturated rings. The van der Waals surface area contributed by atoms with Crippen LogP contribution in [0.3, 0.4) is 0 Å². The van der Waals surface area contributed by atoms with E-state index in [-0.39, 0.29) is 18.1 Å². The van der Waals surface area contributed by atoms with Crippen LogP contribution in [-0.4, -0.2) is 36.5 Å². The van der Waals surface area contributed by atoms with Crippen molar-refractivity contribution in [2.75, 3.05) is 26.4 Å². The molecule has 1 atom stereocenters. The molecule has 0 aromatic carbocycles. The van der Waals surface area contributed by atoms with Crippen LogP contribution in [0.5, 0.6) is 0 Å². The van der Waals surface area contributed by atoms with E-state index in [2.05, 4.69) is 30.2 Å². The van der Waals surface area contributed by atoms with Crippen LogP contribution in [0.4, 0.5) is 0 Å². The fraction of sp³-hybridized carbons (Fsp3) is 0.706. The molecule has 0 spiro atoms. The van der Waals surface area contributed by atoms with Crippen molar-refractivity contribution >= 4 is 0 Å². The first-order valence-electron chi connectivity index (χ1n) is 7.98. The third-order valence-corrected chi connectivity index (χ3v) is 4.36. The number of hydrogen-bond acceptors (Lipinski definition) is 4. The second-order valence-corrected chi connectivity index (χ2v) is 6.59. The molecule has 0 radical (unpaired) electrons. The van der Waals surface area contributed by atoms with E-state index in [1.165, 1.54) is 0 Å². The topological polar surface area (TPSA) is 54.4 Å². The van der Waals surface area contributed by atoms with Gasteiger partial charge in [0.1, 0.15) is 0 Å². The molecule has 1 unspecified atom stereocenters. The number of aliphatic hydroxyl groups excluding tert-OH is 1. The van der Waals surface area contributed by atoms with Gasteiger partial charge in [0.05, 0.1) is 12.3 Å². The van der Waals surface area contributed by atoms with Gasteiger partial charge in [0.15, 0.2) is 0 Å². The number of hydrogen-bond donors (Lipinski definition) is 2. The van der Waals surface area contributed by atoms with Crippen molar-refractivity contribution in [2.24, 2.45) is 11.3 Å². The number of pyridine rings is 1. The number of aliphatic hydroxyl groups is 1. The molecular formula is C17H28N2O2. The summed E-state index contributed by atoms with van der Waals surface area (Å²) in [6, 6.07) is 6.31. The van der Waals surface area contributed by atoms with Crippen LogP contribution in [0.1, 0.15) is 44.8 Å². The number of nitrogens with one attached hydrogen (secondary N) is 1. The number of nitrogens with zero attached hydrogens (tertiary/aromatic N) is 1. The first-order chi connectivity index (χ1) is 10.2. The summed E-state index contributed by atoms with van der Waals surface area (Å²) >= 11 is 0. The van der Waals surface area contributed by atoms with Gasteiger partial charge in [-0.05, 0) is 37.3 Å². The molecule has 2 rings (SSSR count). The van der Waals surface area contributed by atoms with Crippen molar-refractivity contribution in [2.45, 2.75) is 39.2 Å². The van der Waals surface area contributed by atoms with E-state index < -0.39 is 0 Å². The van der Waals surface area contributed by atoms with Crippen molar-refractivity contribution in [3.63, 3.8) is 0 Å². The zero-order valence-corrected chi connectivity index (χ0v) is 13.2. The molecule has 2 N–H and O–H groups in total. The smallest absolute Gasteiger partial charge is 0.0573 e. The maximum absolute atomic E-state index is 9.80. The monoisotopic (exact) mass is 292 g/mol. The summed E-state index contributed by atoms with van der Waals surface area (Å²) in [6.07, 6.45) is 4.75. The van der Waals surface area contributed by atoms with E-state index in [1.54, 1.807) is 0 Å². The SMILES string of the molecule is CC(C)CC(NCC1(CO)CCOCC1)c1ccccn1. The van der Waals surface area contributed by atoms with Gasteiger partial charge in [-0.25, -0.2) is 0 Å². The van der Waals surface area contributed by atoms with E-state index in [0.717, 1.165) is 44.7 Å². The maximum atomic E-state index is 9.80. The summed E-state index contributed by atoms with van der Waals surface area (Å²) in [5.74, 6) is 0.601. The first-order valence-corrected chi connectivity index (χ1v) is 7.98. The Kier molecular flexibility index (Phi) is 6.15. The number of aromatic nitrogens is 1. The zero-order valence-electron chi connectivity index (χ0n) is 13.2. The molecule has 0 amide bonds. The molecule has 118 valence electrons. The Morgan fingerprint density at radius 2 is 2.10 bits per heavy atom. The lowest BCUT2D eigenvalue weighted by atomic mass is 9.80. The molecule has 21 heavy (non-hydrogen) atoms. The Morgan fingerprint density at radius 1 is 1.33 bits per heavy atom. The van der Waals surface area contributed by atoms with Gasteiger partial charge in [0.2, 0.25) is 0 Å².